The molecule has 1 aromatic rings. The van der Waals surface area contributed by atoms with Crippen molar-refractivity contribution in [1.29, 1.82) is 0 Å². The second-order valence-electron chi connectivity index (χ2n) is 5.90. The van der Waals surface area contributed by atoms with Gasteiger partial charge in [0.2, 0.25) is 12.7 Å². The number of rotatable bonds is 4. The van der Waals surface area contributed by atoms with Crippen molar-refractivity contribution in [3.8, 4) is 11.5 Å². The fourth-order valence-corrected chi connectivity index (χ4v) is 2.88. The number of ether oxygens (including phenoxy) is 2. The van der Waals surface area contributed by atoms with E-state index in [4.69, 9.17) is 9.47 Å². The maximum Gasteiger partial charge on any atom is 0.246 e. The predicted molar refractivity (Wildman–Crippen MR) is 90.4 cm³/mol. The third-order valence-corrected chi connectivity index (χ3v) is 4.26. The maximum atomic E-state index is 12.2. The highest BCUT2D eigenvalue weighted by Gasteiger charge is 2.14. The average Bonchev–Trinajstić information content (AvgIpc) is 3.06. The van der Waals surface area contributed by atoms with Crippen LogP contribution in [0.15, 0.2) is 35.9 Å². The molecule has 4 nitrogen and oxygen atoms in total. The van der Waals surface area contributed by atoms with Crippen molar-refractivity contribution in [2.45, 2.75) is 32.6 Å². The molecule has 0 bridgehead atoms. The number of piperidine rings is 1. The van der Waals surface area contributed by atoms with Crippen LogP contribution >= 0.6 is 0 Å². The highest BCUT2D eigenvalue weighted by Crippen LogP contribution is 2.33. The third kappa shape index (κ3) is 3.95. The first kappa shape index (κ1) is 15.7. The molecular weight excluding hydrogens is 290 g/mol. The Morgan fingerprint density at radius 2 is 1.91 bits per heavy atom. The lowest BCUT2D eigenvalue weighted by Crippen LogP contribution is -2.34. The van der Waals surface area contributed by atoms with Gasteiger partial charge in [-0.15, -0.1) is 0 Å². The molecule has 2 heterocycles. The number of benzene rings is 1. The predicted octanol–water partition coefficient (Wildman–Crippen LogP) is 3.78. The molecule has 1 aromatic carbocycles. The third-order valence-electron chi connectivity index (χ3n) is 4.26. The van der Waals surface area contributed by atoms with E-state index < -0.39 is 0 Å². The van der Waals surface area contributed by atoms with Crippen LogP contribution in [0.2, 0.25) is 0 Å². The molecule has 2 aliphatic rings. The number of hydrogen-bond acceptors (Lipinski definition) is 3. The molecule has 0 radical (unpaired) electrons. The van der Waals surface area contributed by atoms with Crippen LogP contribution in [0.1, 0.15) is 38.2 Å². The van der Waals surface area contributed by atoms with Gasteiger partial charge in [-0.3, -0.25) is 4.79 Å². The summed E-state index contributed by atoms with van der Waals surface area (Å²) < 4.78 is 10.7. The zero-order chi connectivity index (χ0) is 16.1. The van der Waals surface area contributed by atoms with E-state index in [1.165, 1.54) is 6.42 Å². The van der Waals surface area contributed by atoms with Gasteiger partial charge in [0.25, 0.3) is 0 Å². The van der Waals surface area contributed by atoms with Crippen molar-refractivity contribution in [2.75, 3.05) is 19.9 Å². The monoisotopic (exact) mass is 313 g/mol. The number of carbonyl (C=O) groups is 1. The van der Waals surface area contributed by atoms with E-state index in [2.05, 4.69) is 13.0 Å². The van der Waals surface area contributed by atoms with E-state index in [1.807, 2.05) is 29.2 Å². The SMILES string of the molecule is CCC(=C/c1ccc2c(c1)OCO2)/C=C/C(=O)N1CCCCC1. The van der Waals surface area contributed by atoms with Crippen LogP contribution in [0.25, 0.3) is 6.08 Å². The Balaban J connectivity index is 1.69. The van der Waals surface area contributed by atoms with Gasteiger partial charge in [0.05, 0.1) is 0 Å². The second-order valence-corrected chi connectivity index (χ2v) is 5.90. The maximum absolute atomic E-state index is 12.2. The summed E-state index contributed by atoms with van der Waals surface area (Å²) in [6, 6.07) is 5.89. The Labute approximate surface area is 137 Å². The smallest absolute Gasteiger partial charge is 0.246 e. The largest absolute Gasteiger partial charge is 0.454 e. The van der Waals surface area contributed by atoms with Gasteiger partial charge in [0, 0.05) is 19.2 Å². The molecule has 1 amide bonds. The lowest BCUT2D eigenvalue weighted by Gasteiger charge is -2.25. The first-order valence-corrected chi connectivity index (χ1v) is 8.33. The quantitative estimate of drug-likeness (QED) is 0.627. The summed E-state index contributed by atoms with van der Waals surface area (Å²) in [5.41, 5.74) is 2.18. The molecule has 0 N–H and O–H groups in total. The van der Waals surface area contributed by atoms with Crippen molar-refractivity contribution in [3.05, 3.63) is 41.5 Å². The molecule has 0 unspecified atom stereocenters. The number of fused-ring (bicyclic) bond motifs is 1. The zero-order valence-corrected chi connectivity index (χ0v) is 13.6. The molecule has 0 spiro atoms. The molecule has 0 aromatic heterocycles. The lowest BCUT2D eigenvalue weighted by atomic mass is 10.1. The standard InChI is InChI=1S/C19H23NO3/c1-2-15(7-9-19(21)20-10-4-3-5-11-20)12-16-6-8-17-18(13-16)23-14-22-17/h6-9,12-13H,2-5,10-11,14H2,1H3/b9-7+,15-12-. The Kier molecular flexibility index (Phi) is 5.01. The number of allylic oxidation sites excluding steroid dienone is 2. The summed E-state index contributed by atoms with van der Waals surface area (Å²) in [5.74, 6) is 1.69. The van der Waals surface area contributed by atoms with E-state index in [1.54, 1.807) is 6.08 Å². The van der Waals surface area contributed by atoms with Crippen LogP contribution in [0.5, 0.6) is 11.5 Å². The summed E-state index contributed by atoms with van der Waals surface area (Å²) in [7, 11) is 0. The van der Waals surface area contributed by atoms with Crippen molar-refractivity contribution < 1.29 is 14.3 Å². The molecule has 1 fully saturated rings. The summed E-state index contributed by atoms with van der Waals surface area (Å²) in [5, 5.41) is 0. The summed E-state index contributed by atoms with van der Waals surface area (Å²) >= 11 is 0. The van der Waals surface area contributed by atoms with E-state index in [0.29, 0.717) is 0 Å². The van der Waals surface area contributed by atoms with Crippen molar-refractivity contribution in [3.63, 3.8) is 0 Å². The molecule has 0 atom stereocenters. The first-order valence-electron chi connectivity index (χ1n) is 8.33. The average molecular weight is 313 g/mol. The molecule has 23 heavy (non-hydrogen) atoms. The molecule has 2 aliphatic heterocycles. The van der Waals surface area contributed by atoms with Crippen LogP contribution in [0, 0.1) is 0 Å². The highest BCUT2D eigenvalue weighted by atomic mass is 16.7. The zero-order valence-electron chi connectivity index (χ0n) is 13.6. The number of hydrogen-bond donors (Lipinski definition) is 0. The van der Waals surface area contributed by atoms with Gasteiger partial charge in [0.1, 0.15) is 0 Å². The second kappa shape index (κ2) is 7.36. The number of amides is 1. The molecule has 0 aliphatic carbocycles. The Bertz CT molecular complexity index is 628. The normalized spacial score (nSPS) is 17.8. The number of nitrogens with zero attached hydrogens (tertiary/aromatic N) is 1. The first-order chi connectivity index (χ1) is 11.3. The number of carbonyl (C=O) groups excluding carboxylic acids is 1. The van der Waals surface area contributed by atoms with Gasteiger partial charge in [0.15, 0.2) is 11.5 Å². The van der Waals surface area contributed by atoms with E-state index >= 15 is 0 Å². The van der Waals surface area contributed by atoms with Crippen LogP contribution in [-0.4, -0.2) is 30.7 Å². The molecule has 122 valence electrons. The van der Waals surface area contributed by atoms with Gasteiger partial charge in [-0.05, 0) is 49.0 Å². The fourth-order valence-electron chi connectivity index (χ4n) is 2.88. The van der Waals surface area contributed by atoms with Gasteiger partial charge < -0.3 is 14.4 Å². The van der Waals surface area contributed by atoms with Crippen molar-refractivity contribution in [2.24, 2.45) is 0 Å². The molecule has 0 saturated carbocycles. The Morgan fingerprint density at radius 3 is 2.70 bits per heavy atom. The molecule has 1 saturated heterocycles. The van der Waals surface area contributed by atoms with Gasteiger partial charge >= 0.3 is 0 Å². The van der Waals surface area contributed by atoms with Gasteiger partial charge in [-0.25, -0.2) is 0 Å². The van der Waals surface area contributed by atoms with Crippen LogP contribution in [0.4, 0.5) is 0 Å². The van der Waals surface area contributed by atoms with Crippen LogP contribution in [0.3, 0.4) is 0 Å². The summed E-state index contributed by atoms with van der Waals surface area (Å²) in [6.45, 7) is 4.15. The minimum Gasteiger partial charge on any atom is -0.454 e. The Hall–Kier alpha value is -2.23. The minimum atomic E-state index is 0.120. The van der Waals surface area contributed by atoms with Gasteiger partial charge in [-0.2, -0.15) is 0 Å². The van der Waals surface area contributed by atoms with E-state index in [9.17, 15) is 4.79 Å². The number of likely N-dealkylation sites (tertiary alicyclic amines) is 1. The highest BCUT2D eigenvalue weighted by molar-refractivity contribution is 5.88. The summed E-state index contributed by atoms with van der Waals surface area (Å²) in [4.78, 5) is 14.1. The van der Waals surface area contributed by atoms with E-state index in [-0.39, 0.29) is 12.7 Å². The van der Waals surface area contributed by atoms with Crippen LogP contribution in [-0.2, 0) is 4.79 Å². The van der Waals surface area contributed by atoms with E-state index in [0.717, 1.165) is 55.0 Å². The molecular formula is C19H23NO3. The van der Waals surface area contributed by atoms with Crippen molar-refractivity contribution in [1.82, 2.24) is 4.90 Å². The van der Waals surface area contributed by atoms with Gasteiger partial charge in [-0.1, -0.05) is 25.1 Å². The topological polar surface area (TPSA) is 38.8 Å². The minimum absolute atomic E-state index is 0.120. The Morgan fingerprint density at radius 1 is 1.13 bits per heavy atom. The fraction of sp³-hybridized carbons (Fsp3) is 0.421. The summed E-state index contributed by atoms with van der Waals surface area (Å²) in [6.07, 6.45) is 10.1. The van der Waals surface area contributed by atoms with Crippen LogP contribution < -0.4 is 9.47 Å². The van der Waals surface area contributed by atoms with Crippen molar-refractivity contribution >= 4 is 12.0 Å². The molecule has 3 rings (SSSR count). The molecule has 4 heteroatoms. The lowest BCUT2D eigenvalue weighted by molar-refractivity contribution is -0.126.